The Balaban J connectivity index is 1.86. The summed E-state index contributed by atoms with van der Waals surface area (Å²) in [7, 11) is 0. The molecule has 0 saturated heterocycles. The van der Waals surface area contributed by atoms with Crippen LogP contribution in [0.5, 0.6) is 0 Å². The van der Waals surface area contributed by atoms with Crippen molar-refractivity contribution in [1.29, 1.82) is 0 Å². The predicted molar refractivity (Wildman–Crippen MR) is 118 cm³/mol. The predicted octanol–water partition coefficient (Wildman–Crippen LogP) is 4.36. The quantitative estimate of drug-likeness (QED) is 0.500. The van der Waals surface area contributed by atoms with E-state index in [1.54, 1.807) is 23.7 Å². The number of rotatable bonds is 6. The highest BCUT2D eigenvalue weighted by Crippen LogP contribution is 2.38. The van der Waals surface area contributed by atoms with E-state index >= 15 is 0 Å². The smallest absolute Gasteiger partial charge is 0.242 e. The topological polar surface area (TPSA) is 79.8 Å². The van der Waals surface area contributed by atoms with Crippen molar-refractivity contribution in [2.45, 2.75) is 19.9 Å². The fourth-order valence-corrected chi connectivity index (χ4v) is 4.05. The molecule has 4 rings (SSSR count). The summed E-state index contributed by atoms with van der Waals surface area (Å²) in [5.41, 5.74) is 2.97. The van der Waals surface area contributed by atoms with Crippen LogP contribution < -0.4 is 10.6 Å². The van der Waals surface area contributed by atoms with E-state index in [-0.39, 0.29) is 5.91 Å². The van der Waals surface area contributed by atoms with Gasteiger partial charge in [0.05, 0.1) is 5.39 Å². The molecule has 0 aliphatic heterocycles. The molecular weight excluding hydrogens is 382 g/mol. The first-order valence-corrected chi connectivity index (χ1v) is 10.3. The van der Waals surface area contributed by atoms with Crippen LogP contribution in [-0.2, 0) is 4.79 Å². The molecule has 6 nitrogen and oxygen atoms in total. The first-order chi connectivity index (χ1) is 14.2. The maximum absolute atomic E-state index is 12.3. The number of nitrogens with one attached hydrogen (secondary N) is 2. The number of hydrogen-bond donors (Lipinski definition) is 2. The molecule has 0 bridgehead atoms. The summed E-state index contributed by atoms with van der Waals surface area (Å²) in [6.07, 6.45) is 3.46. The average Bonchev–Trinajstić information content (AvgIpc) is 3.19. The monoisotopic (exact) mass is 403 g/mol. The van der Waals surface area contributed by atoms with E-state index in [1.807, 2.05) is 44.2 Å². The molecule has 3 aromatic heterocycles. The van der Waals surface area contributed by atoms with Gasteiger partial charge in [-0.2, -0.15) is 0 Å². The van der Waals surface area contributed by atoms with Crippen molar-refractivity contribution in [3.8, 4) is 22.5 Å². The lowest BCUT2D eigenvalue weighted by Crippen LogP contribution is -2.37. The molecule has 1 unspecified atom stereocenters. The molecule has 7 heteroatoms. The number of amides is 1. The van der Waals surface area contributed by atoms with E-state index in [2.05, 4.69) is 33.1 Å². The molecular formula is C22H21N5OS. The zero-order valence-corrected chi connectivity index (χ0v) is 17.0. The van der Waals surface area contributed by atoms with Crippen molar-refractivity contribution in [2.24, 2.45) is 0 Å². The Morgan fingerprint density at radius 1 is 1.10 bits per heavy atom. The van der Waals surface area contributed by atoms with E-state index in [9.17, 15) is 4.79 Å². The number of likely N-dealkylation sites (N-methyl/N-ethyl adjacent to an activating group) is 1. The number of thiophene rings is 1. The standard InChI is InChI=1S/C22H21N5OS/c1-3-24-21(28)14(2)25-20-18-17(15-8-5-4-6-9-15)13-29-22(18)27-19(26-20)16-10-7-11-23-12-16/h4-14H,3H2,1-2H3,(H,24,28)(H,25,26,27). The minimum Gasteiger partial charge on any atom is -0.358 e. The van der Waals surface area contributed by atoms with Crippen molar-refractivity contribution in [3.63, 3.8) is 0 Å². The number of carbonyl (C=O) groups is 1. The first kappa shape index (κ1) is 19.0. The van der Waals surface area contributed by atoms with Crippen molar-refractivity contribution in [3.05, 3.63) is 60.2 Å². The summed E-state index contributed by atoms with van der Waals surface area (Å²) in [5.74, 6) is 1.16. The van der Waals surface area contributed by atoms with Crippen LogP contribution in [0.2, 0.25) is 0 Å². The summed E-state index contributed by atoms with van der Waals surface area (Å²) in [5, 5.41) is 9.16. The Hall–Kier alpha value is -3.32. The molecule has 0 aliphatic rings. The van der Waals surface area contributed by atoms with Crippen LogP contribution in [0.4, 0.5) is 5.82 Å². The molecule has 1 amide bonds. The summed E-state index contributed by atoms with van der Waals surface area (Å²) in [6.45, 7) is 4.32. The van der Waals surface area contributed by atoms with E-state index in [1.165, 1.54) is 0 Å². The Morgan fingerprint density at radius 3 is 2.62 bits per heavy atom. The lowest BCUT2D eigenvalue weighted by atomic mass is 10.1. The van der Waals surface area contributed by atoms with Gasteiger partial charge in [0.15, 0.2) is 5.82 Å². The van der Waals surface area contributed by atoms with Crippen molar-refractivity contribution >= 4 is 33.3 Å². The molecule has 146 valence electrons. The summed E-state index contributed by atoms with van der Waals surface area (Å²) < 4.78 is 0. The van der Waals surface area contributed by atoms with Crippen LogP contribution in [0.25, 0.3) is 32.7 Å². The van der Waals surface area contributed by atoms with Gasteiger partial charge < -0.3 is 10.6 Å². The van der Waals surface area contributed by atoms with Gasteiger partial charge in [-0.05, 0) is 31.5 Å². The van der Waals surface area contributed by atoms with Crippen LogP contribution in [0, 0.1) is 0 Å². The Labute approximate surface area is 173 Å². The number of hydrogen-bond acceptors (Lipinski definition) is 6. The van der Waals surface area contributed by atoms with Gasteiger partial charge in [-0.3, -0.25) is 9.78 Å². The third-order valence-corrected chi connectivity index (χ3v) is 5.41. The van der Waals surface area contributed by atoms with Crippen molar-refractivity contribution < 1.29 is 4.79 Å². The highest BCUT2D eigenvalue weighted by molar-refractivity contribution is 7.17. The molecule has 0 saturated carbocycles. The first-order valence-electron chi connectivity index (χ1n) is 9.46. The lowest BCUT2D eigenvalue weighted by Gasteiger charge is -2.16. The lowest BCUT2D eigenvalue weighted by molar-refractivity contribution is -0.121. The second-order valence-corrected chi connectivity index (χ2v) is 7.45. The van der Waals surface area contributed by atoms with Crippen LogP contribution in [0.15, 0.2) is 60.2 Å². The van der Waals surface area contributed by atoms with Gasteiger partial charge in [0.1, 0.15) is 16.7 Å². The summed E-state index contributed by atoms with van der Waals surface area (Å²) in [6, 6.07) is 13.5. The van der Waals surface area contributed by atoms with Gasteiger partial charge in [-0.25, -0.2) is 9.97 Å². The van der Waals surface area contributed by atoms with Crippen LogP contribution >= 0.6 is 11.3 Å². The average molecular weight is 404 g/mol. The number of aromatic nitrogens is 3. The van der Waals surface area contributed by atoms with E-state index in [0.29, 0.717) is 18.2 Å². The Morgan fingerprint density at radius 2 is 1.90 bits per heavy atom. The molecule has 0 aliphatic carbocycles. The van der Waals surface area contributed by atoms with E-state index in [0.717, 1.165) is 26.9 Å². The maximum Gasteiger partial charge on any atom is 0.242 e. The second-order valence-electron chi connectivity index (χ2n) is 6.59. The van der Waals surface area contributed by atoms with Crippen LogP contribution in [-0.4, -0.2) is 33.4 Å². The zero-order valence-electron chi connectivity index (χ0n) is 16.2. The third-order valence-electron chi connectivity index (χ3n) is 4.54. The fraction of sp³-hybridized carbons (Fsp3) is 0.182. The largest absolute Gasteiger partial charge is 0.358 e. The van der Waals surface area contributed by atoms with Gasteiger partial charge in [0.2, 0.25) is 5.91 Å². The molecule has 0 fully saturated rings. The number of benzene rings is 1. The minimum absolute atomic E-state index is 0.0707. The Bertz CT molecular complexity index is 1130. The number of pyridine rings is 1. The van der Waals surface area contributed by atoms with Crippen molar-refractivity contribution in [2.75, 3.05) is 11.9 Å². The molecule has 1 aromatic carbocycles. The molecule has 0 spiro atoms. The summed E-state index contributed by atoms with van der Waals surface area (Å²) >= 11 is 1.57. The van der Waals surface area contributed by atoms with Gasteiger partial charge in [0.25, 0.3) is 0 Å². The van der Waals surface area contributed by atoms with Gasteiger partial charge in [-0.1, -0.05) is 30.3 Å². The number of fused-ring (bicyclic) bond motifs is 1. The zero-order chi connectivity index (χ0) is 20.2. The highest BCUT2D eigenvalue weighted by Gasteiger charge is 2.20. The van der Waals surface area contributed by atoms with Gasteiger partial charge >= 0.3 is 0 Å². The molecule has 2 N–H and O–H groups in total. The fourth-order valence-electron chi connectivity index (χ4n) is 3.10. The summed E-state index contributed by atoms with van der Waals surface area (Å²) in [4.78, 5) is 26.9. The van der Waals surface area contributed by atoms with Crippen LogP contribution in [0.3, 0.4) is 0 Å². The number of anilines is 1. The normalized spacial score (nSPS) is 11.9. The van der Waals surface area contributed by atoms with Crippen LogP contribution in [0.1, 0.15) is 13.8 Å². The highest BCUT2D eigenvalue weighted by atomic mass is 32.1. The molecule has 3 heterocycles. The molecule has 1 atom stereocenters. The van der Waals surface area contributed by atoms with Gasteiger partial charge in [0, 0.05) is 35.4 Å². The third kappa shape index (κ3) is 3.95. The number of nitrogens with zero attached hydrogens (tertiary/aromatic N) is 3. The second kappa shape index (κ2) is 8.36. The molecule has 29 heavy (non-hydrogen) atoms. The van der Waals surface area contributed by atoms with Crippen molar-refractivity contribution in [1.82, 2.24) is 20.3 Å². The SMILES string of the molecule is CCNC(=O)C(C)Nc1nc(-c2cccnc2)nc2scc(-c3ccccc3)c12. The molecule has 4 aromatic rings. The molecule has 0 radical (unpaired) electrons. The van der Waals surface area contributed by atoms with Gasteiger partial charge in [-0.15, -0.1) is 11.3 Å². The Kier molecular flexibility index (Phi) is 5.48. The number of carbonyl (C=O) groups excluding carboxylic acids is 1. The van der Waals surface area contributed by atoms with E-state index in [4.69, 9.17) is 9.97 Å². The maximum atomic E-state index is 12.3. The van der Waals surface area contributed by atoms with E-state index < -0.39 is 6.04 Å². The minimum atomic E-state index is -0.432.